The van der Waals surface area contributed by atoms with Crippen molar-refractivity contribution in [2.24, 2.45) is 0 Å². The Bertz CT molecular complexity index is 278. The van der Waals surface area contributed by atoms with E-state index in [0.29, 0.717) is 0 Å². The molecule has 0 aromatic rings. The first kappa shape index (κ1) is 17.8. The van der Waals surface area contributed by atoms with Gasteiger partial charge in [0.15, 0.2) is 0 Å². The van der Waals surface area contributed by atoms with Crippen LogP contribution in [0.4, 0.5) is 0 Å². The van der Waals surface area contributed by atoms with E-state index in [0.717, 1.165) is 0 Å². The van der Waals surface area contributed by atoms with Gasteiger partial charge >= 0.3 is 120 Å². The molecule has 0 bridgehead atoms. The summed E-state index contributed by atoms with van der Waals surface area (Å²) in [6, 6.07) is 0. The molecule has 0 atom stereocenters. The minimum absolute atomic E-state index is 0.0262. The van der Waals surface area contributed by atoms with Gasteiger partial charge < -0.3 is 0 Å². The van der Waals surface area contributed by atoms with Crippen molar-refractivity contribution < 1.29 is 43.2 Å². The van der Waals surface area contributed by atoms with Crippen LogP contribution >= 0.6 is 0 Å². The zero-order chi connectivity index (χ0) is 14.3. The van der Waals surface area contributed by atoms with E-state index in [2.05, 4.69) is 3.32 Å². The molecule has 0 N–H and O–H groups in total. The van der Waals surface area contributed by atoms with Crippen LogP contribution in [0.5, 0.6) is 0 Å². The number of ether oxygens (including phenoxy) is 2. The van der Waals surface area contributed by atoms with Gasteiger partial charge in [0.1, 0.15) is 0 Å². The van der Waals surface area contributed by atoms with Gasteiger partial charge in [0.05, 0.1) is 0 Å². The predicted octanol–water partition coefficient (Wildman–Crippen LogP) is 1.91. The van der Waals surface area contributed by atoms with Crippen LogP contribution in [0.25, 0.3) is 0 Å². The molecule has 0 spiro atoms. The van der Waals surface area contributed by atoms with Crippen LogP contribution in [0.15, 0.2) is 0 Å². The standard InChI is InChI=1S/C12H22O5.Ti/c1-8(2)16-12(5,17-9(3)4)7-10(13)6-11(14)15;/h8-9H,6-7H2,1-5H3,(H,14,15);/q;+1/p-1. The zero-order valence-corrected chi connectivity index (χ0v) is 13.2. The van der Waals surface area contributed by atoms with Crippen molar-refractivity contribution in [2.45, 2.75) is 65.5 Å². The Hall–Kier alpha value is -0.226. The Labute approximate surface area is 120 Å². The molecule has 0 aromatic heterocycles. The van der Waals surface area contributed by atoms with Gasteiger partial charge in [-0.15, -0.1) is 0 Å². The molecule has 0 heterocycles. The summed E-state index contributed by atoms with van der Waals surface area (Å²) in [7, 11) is 0. The van der Waals surface area contributed by atoms with Gasteiger partial charge in [0.25, 0.3) is 0 Å². The number of ketones is 1. The molecule has 0 rings (SSSR count). The zero-order valence-electron chi connectivity index (χ0n) is 11.6. The molecule has 18 heavy (non-hydrogen) atoms. The van der Waals surface area contributed by atoms with E-state index in [-0.39, 0.29) is 30.8 Å². The third-order valence-electron chi connectivity index (χ3n) is 1.94. The fourth-order valence-electron chi connectivity index (χ4n) is 1.73. The van der Waals surface area contributed by atoms with Crippen LogP contribution in [-0.4, -0.2) is 29.7 Å². The van der Waals surface area contributed by atoms with Crippen LogP contribution in [0.1, 0.15) is 47.5 Å². The summed E-state index contributed by atoms with van der Waals surface area (Å²) in [6.45, 7) is 9.18. The third kappa shape index (κ3) is 7.98. The summed E-state index contributed by atoms with van der Waals surface area (Å²) < 4.78 is 15.7. The van der Waals surface area contributed by atoms with Gasteiger partial charge in [-0.05, 0) is 0 Å². The number of hydrogen-bond acceptors (Lipinski definition) is 5. The summed E-state index contributed by atoms with van der Waals surface area (Å²) in [6.07, 6.45) is -0.368. The molecule has 0 aliphatic rings. The van der Waals surface area contributed by atoms with E-state index in [4.69, 9.17) is 9.47 Å². The third-order valence-corrected chi connectivity index (χ3v) is 2.30. The Morgan fingerprint density at radius 2 is 1.56 bits per heavy atom. The Kier molecular flexibility index (Phi) is 7.95. The molecule has 6 heteroatoms. The van der Waals surface area contributed by atoms with E-state index in [1.165, 1.54) is 20.8 Å². The van der Waals surface area contributed by atoms with Crippen LogP contribution < -0.4 is 0 Å². The van der Waals surface area contributed by atoms with Crippen molar-refractivity contribution in [2.75, 3.05) is 0 Å². The maximum atomic E-state index is 11.7. The van der Waals surface area contributed by atoms with E-state index in [1.54, 1.807) is 6.92 Å². The first-order valence-corrected chi connectivity index (χ1v) is 6.56. The van der Waals surface area contributed by atoms with Crippen LogP contribution in [0, 0.1) is 0 Å². The number of Topliss-reactive ketones (excluding diaryl/α,β-unsaturated/α-hetero) is 1. The molecular weight excluding hydrogens is 272 g/mol. The summed E-state index contributed by atoms with van der Waals surface area (Å²) in [5, 5.41) is 0. The summed E-state index contributed by atoms with van der Waals surface area (Å²) >= 11 is 1.25. The van der Waals surface area contributed by atoms with Gasteiger partial charge in [-0.2, -0.15) is 0 Å². The van der Waals surface area contributed by atoms with Crippen molar-refractivity contribution in [1.29, 1.82) is 0 Å². The van der Waals surface area contributed by atoms with E-state index in [9.17, 15) is 9.59 Å². The van der Waals surface area contributed by atoms with Crippen molar-refractivity contribution >= 4 is 11.8 Å². The molecule has 103 valence electrons. The molecule has 0 radical (unpaired) electrons. The van der Waals surface area contributed by atoms with E-state index in [1.807, 2.05) is 27.7 Å². The van der Waals surface area contributed by atoms with Crippen LogP contribution in [0.3, 0.4) is 0 Å². The van der Waals surface area contributed by atoms with Crippen molar-refractivity contribution in [3.05, 3.63) is 0 Å². The van der Waals surface area contributed by atoms with Crippen molar-refractivity contribution in [1.82, 2.24) is 0 Å². The second-order valence-electron chi connectivity index (χ2n) is 4.83. The van der Waals surface area contributed by atoms with Gasteiger partial charge in [-0.25, -0.2) is 0 Å². The Balaban J connectivity index is 4.57. The molecule has 0 aromatic carbocycles. The Morgan fingerprint density at radius 3 is 1.89 bits per heavy atom. The quantitative estimate of drug-likeness (QED) is 0.388. The fraction of sp³-hybridized carbons (Fsp3) is 0.833. The summed E-state index contributed by atoms with van der Waals surface area (Å²) in [5.41, 5.74) is 0. The van der Waals surface area contributed by atoms with Gasteiger partial charge in [0, 0.05) is 0 Å². The first-order valence-electron chi connectivity index (χ1n) is 5.92. The molecule has 0 unspecified atom stereocenters. The summed E-state index contributed by atoms with van der Waals surface area (Å²) in [4.78, 5) is 22.8. The van der Waals surface area contributed by atoms with E-state index < -0.39 is 11.8 Å². The average molecular weight is 293 g/mol. The molecular formula is C12H21O5Ti. The topological polar surface area (TPSA) is 61.8 Å². The molecule has 0 saturated heterocycles. The van der Waals surface area contributed by atoms with Crippen molar-refractivity contribution in [3.63, 3.8) is 0 Å². The maximum absolute atomic E-state index is 11.7. The minimum atomic E-state index is -1.01. The molecule has 0 aliphatic carbocycles. The Morgan fingerprint density at radius 1 is 1.11 bits per heavy atom. The average Bonchev–Trinajstić information content (AvgIpc) is 2.12. The van der Waals surface area contributed by atoms with Gasteiger partial charge in [-0.1, -0.05) is 0 Å². The molecule has 5 nitrogen and oxygen atoms in total. The molecule has 0 fully saturated rings. The molecule has 0 saturated carbocycles. The van der Waals surface area contributed by atoms with E-state index >= 15 is 0 Å². The van der Waals surface area contributed by atoms with Gasteiger partial charge in [0.2, 0.25) is 0 Å². The molecule has 0 aliphatic heterocycles. The SMILES string of the molecule is CC(C)OC(C)(CC(=O)CC(=O)[O][Ti])OC(C)C. The second-order valence-corrected chi connectivity index (χ2v) is 5.15. The summed E-state index contributed by atoms with van der Waals surface area (Å²) in [5.74, 6) is -1.81. The fourth-order valence-corrected chi connectivity index (χ4v) is 1.84. The number of carbonyl (C=O) groups is 2. The second kappa shape index (κ2) is 8.05. The first-order chi connectivity index (χ1) is 8.18. The predicted molar refractivity (Wildman–Crippen MR) is 61.2 cm³/mol. The van der Waals surface area contributed by atoms with Crippen LogP contribution in [0.2, 0.25) is 0 Å². The van der Waals surface area contributed by atoms with Gasteiger partial charge in [-0.3, -0.25) is 0 Å². The normalized spacial score (nSPS) is 11.9. The number of carbonyl (C=O) groups excluding carboxylic acids is 2. The monoisotopic (exact) mass is 293 g/mol. The molecule has 0 amide bonds. The van der Waals surface area contributed by atoms with Crippen molar-refractivity contribution in [3.8, 4) is 0 Å². The number of hydrogen-bond donors (Lipinski definition) is 0. The number of rotatable bonds is 8. The van der Waals surface area contributed by atoms with Crippen LogP contribution in [-0.2, 0) is 43.2 Å².